The van der Waals surface area contributed by atoms with Gasteiger partial charge in [-0.15, -0.1) is 0 Å². The maximum atomic E-state index is 12.0. The Morgan fingerprint density at radius 1 is 1.00 bits per heavy atom. The zero-order valence-electron chi connectivity index (χ0n) is 14.4. The van der Waals surface area contributed by atoms with Crippen LogP contribution in [0.15, 0.2) is 0 Å². The van der Waals surface area contributed by atoms with Crippen molar-refractivity contribution in [3.8, 4) is 0 Å². The Morgan fingerprint density at radius 3 is 2.00 bits per heavy atom. The molecule has 3 unspecified atom stereocenters. The van der Waals surface area contributed by atoms with Gasteiger partial charge in [-0.3, -0.25) is 9.59 Å². The molecule has 0 aromatic heterocycles. The molecule has 3 atom stereocenters. The first-order chi connectivity index (χ1) is 9.63. The Bertz CT molecular complexity index is 329. The fourth-order valence-corrected chi connectivity index (χ4v) is 2.27. The minimum atomic E-state index is -0.212. The molecule has 0 aliphatic rings. The molecule has 0 aromatic rings. The molecule has 0 heterocycles. The van der Waals surface area contributed by atoms with Crippen LogP contribution < -0.4 is 16.4 Å². The van der Waals surface area contributed by atoms with E-state index in [2.05, 4.69) is 38.3 Å². The van der Waals surface area contributed by atoms with E-state index in [4.69, 9.17) is 5.73 Å². The van der Waals surface area contributed by atoms with Crippen LogP contribution in [0.3, 0.4) is 0 Å². The predicted octanol–water partition coefficient (Wildman–Crippen LogP) is 1.66. The van der Waals surface area contributed by atoms with Gasteiger partial charge in [0.25, 0.3) is 0 Å². The van der Waals surface area contributed by atoms with Crippen LogP contribution in [0.2, 0.25) is 0 Å². The van der Waals surface area contributed by atoms with Gasteiger partial charge in [-0.2, -0.15) is 0 Å². The lowest BCUT2D eigenvalue weighted by Crippen LogP contribution is -2.49. The standard InChI is InChI=1S/C16H33N3O2/c1-10(2)7-15(19-13(6)20)14(17)8-12(5)16(21)18-9-11(3)4/h10-12,14-15H,7-9,17H2,1-6H3,(H,18,21)(H,19,20). The van der Waals surface area contributed by atoms with Crippen molar-refractivity contribution in [1.29, 1.82) is 0 Å². The summed E-state index contributed by atoms with van der Waals surface area (Å²) < 4.78 is 0. The fourth-order valence-electron chi connectivity index (χ4n) is 2.27. The van der Waals surface area contributed by atoms with Gasteiger partial charge in [0, 0.05) is 31.5 Å². The number of hydrogen-bond acceptors (Lipinski definition) is 3. The van der Waals surface area contributed by atoms with Gasteiger partial charge in [0.2, 0.25) is 11.8 Å². The number of rotatable bonds is 9. The van der Waals surface area contributed by atoms with Gasteiger partial charge >= 0.3 is 0 Å². The quantitative estimate of drug-likeness (QED) is 0.605. The molecule has 0 aliphatic carbocycles. The summed E-state index contributed by atoms with van der Waals surface area (Å²) in [6, 6.07) is -0.293. The lowest BCUT2D eigenvalue weighted by Gasteiger charge is -2.28. The number of carbonyl (C=O) groups is 2. The van der Waals surface area contributed by atoms with Crippen molar-refractivity contribution in [1.82, 2.24) is 10.6 Å². The van der Waals surface area contributed by atoms with Crippen molar-refractivity contribution in [3.63, 3.8) is 0 Å². The van der Waals surface area contributed by atoms with Crippen molar-refractivity contribution in [2.75, 3.05) is 6.54 Å². The van der Waals surface area contributed by atoms with Crippen LogP contribution in [0.5, 0.6) is 0 Å². The predicted molar refractivity (Wildman–Crippen MR) is 86.7 cm³/mol. The smallest absolute Gasteiger partial charge is 0.222 e. The minimum Gasteiger partial charge on any atom is -0.356 e. The highest BCUT2D eigenvalue weighted by molar-refractivity contribution is 5.78. The Kier molecular flexibility index (Phi) is 9.26. The average molecular weight is 299 g/mol. The van der Waals surface area contributed by atoms with Crippen molar-refractivity contribution in [3.05, 3.63) is 0 Å². The Morgan fingerprint density at radius 2 is 1.57 bits per heavy atom. The van der Waals surface area contributed by atoms with E-state index in [9.17, 15) is 9.59 Å². The molecule has 21 heavy (non-hydrogen) atoms. The number of amides is 2. The summed E-state index contributed by atoms with van der Waals surface area (Å²) in [6.07, 6.45) is 1.39. The monoisotopic (exact) mass is 299 g/mol. The first-order valence-electron chi connectivity index (χ1n) is 7.93. The number of carbonyl (C=O) groups excluding carboxylic acids is 2. The first kappa shape index (κ1) is 19.9. The lowest BCUT2D eigenvalue weighted by atomic mass is 9.91. The van der Waals surface area contributed by atoms with Crippen LogP contribution in [-0.4, -0.2) is 30.4 Å². The molecule has 0 rings (SSSR count). The fraction of sp³-hybridized carbons (Fsp3) is 0.875. The van der Waals surface area contributed by atoms with Gasteiger partial charge in [0.05, 0.1) is 0 Å². The summed E-state index contributed by atoms with van der Waals surface area (Å²) in [5, 5.41) is 5.84. The van der Waals surface area contributed by atoms with Crippen LogP contribution in [0, 0.1) is 17.8 Å². The molecular weight excluding hydrogens is 266 g/mol. The van der Waals surface area contributed by atoms with Crippen LogP contribution in [0.25, 0.3) is 0 Å². The molecule has 0 fully saturated rings. The van der Waals surface area contributed by atoms with Crippen LogP contribution in [-0.2, 0) is 9.59 Å². The van der Waals surface area contributed by atoms with Crippen LogP contribution in [0.1, 0.15) is 54.4 Å². The van der Waals surface area contributed by atoms with Crippen molar-refractivity contribution < 1.29 is 9.59 Å². The van der Waals surface area contributed by atoms with Crippen molar-refractivity contribution in [2.45, 2.75) is 66.5 Å². The maximum Gasteiger partial charge on any atom is 0.222 e. The zero-order chi connectivity index (χ0) is 16.6. The van der Waals surface area contributed by atoms with E-state index in [1.54, 1.807) is 0 Å². The molecule has 0 bridgehead atoms. The van der Waals surface area contributed by atoms with Gasteiger partial charge in [-0.05, 0) is 24.7 Å². The number of hydrogen-bond donors (Lipinski definition) is 3. The summed E-state index contributed by atoms with van der Waals surface area (Å²) in [4.78, 5) is 23.3. The Hall–Kier alpha value is -1.10. The van der Waals surface area contributed by atoms with E-state index < -0.39 is 0 Å². The Labute approximate surface area is 129 Å². The highest BCUT2D eigenvalue weighted by atomic mass is 16.2. The van der Waals surface area contributed by atoms with Gasteiger partial charge in [-0.1, -0.05) is 34.6 Å². The second-order valence-corrected chi connectivity index (χ2v) is 6.88. The second-order valence-electron chi connectivity index (χ2n) is 6.88. The number of nitrogens with one attached hydrogen (secondary N) is 2. The highest BCUT2D eigenvalue weighted by Gasteiger charge is 2.24. The summed E-state index contributed by atoms with van der Waals surface area (Å²) >= 11 is 0. The molecule has 0 aliphatic heterocycles. The van der Waals surface area contributed by atoms with E-state index >= 15 is 0 Å². The summed E-state index contributed by atoms with van der Waals surface area (Å²) in [7, 11) is 0. The van der Waals surface area contributed by atoms with Gasteiger partial charge in [0.1, 0.15) is 0 Å². The lowest BCUT2D eigenvalue weighted by molar-refractivity contribution is -0.125. The molecule has 124 valence electrons. The molecular formula is C16H33N3O2. The Balaban J connectivity index is 4.47. The summed E-state index contributed by atoms with van der Waals surface area (Å²) in [5.74, 6) is 0.682. The van der Waals surface area contributed by atoms with E-state index in [-0.39, 0.29) is 29.8 Å². The molecule has 0 saturated carbocycles. The molecule has 0 radical (unpaired) electrons. The van der Waals surface area contributed by atoms with E-state index in [0.29, 0.717) is 24.8 Å². The highest BCUT2D eigenvalue weighted by Crippen LogP contribution is 2.14. The average Bonchev–Trinajstić information content (AvgIpc) is 2.33. The van der Waals surface area contributed by atoms with Gasteiger partial charge in [0.15, 0.2) is 0 Å². The largest absolute Gasteiger partial charge is 0.356 e. The topological polar surface area (TPSA) is 84.2 Å². The van der Waals surface area contributed by atoms with Crippen molar-refractivity contribution in [2.24, 2.45) is 23.5 Å². The maximum absolute atomic E-state index is 12.0. The van der Waals surface area contributed by atoms with E-state index in [1.807, 2.05) is 6.92 Å². The minimum absolute atomic E-state index is 0.0327. The normalized spacial score (nSPS) is 15.7. The van der Waals surface area contributed by atoms with Crippen LogP contribution in [0.4, 0.5) is 0 Å². The van der Waals surface area contributed by atoms with E-state index in [1.165, 1.54) is 6.92 Å². The zero-order valence-corrected chi connectivity index (χ0v) is 14.4. The second kappa shape index (κ2) is 9.77. The van der Waals surface area contributed by atoms with Crippen molar-refractivity contribution >= 4 is 11.8 Å². The van der Waals surface area contributed by atoms with Gasteiger partial charge in [-0.25, -0.2) is 0 Å². The third-order valence-corrected chi connectivity index (χ3v) is 3.39. The molecule has 0 saturated heterocycles. The molecule has 0 aromatic carbocycles. The molecule has 5 nitrogen and oxygen atoms in total. The van der Waals surface area contributed by atoms with Crippen LogP contribution >= 0.6 is 0 Å². The summed E-state index contributed by atoms with van der Waals surface area (Å²) in [5.41, 5.74) is 6.21. The summed E-state index contributed by atoms with van der Waals surface area (Å²) in [6.45, 7) is 12.4. The number of nitrogens with two attached hydrogens (primary N) is 1. The third kappa shape index (κ3) is 9.45. The molecule has 5 heteroatoms. The van der Waals surface area contributed by atoms with Gasteiger partial charge < -0.3 is 16.4 Å². The molecule has 4 N–H and O–H groups in total. The SMILES string of the molecule is CC(=O)NC(CC(C)C)C(N)CC(C)C(=O)NCC(C)C. The third-order valence-electron chi connectivity index (χ3n) is 3.39. The van der Waals surface area contributed by atoms with E-state index in [0.717, 1.165) is 6.42 Å². The molecule has 2 amide bonds. The first-order valence-corrected chi connectivity index (χ1v) is 7.93. The molecule has 0 spiro atoms.